The molecule has 0 saturated carbocycles. The Morgan fingerprint density at radius 1 is 1.44 bits per heavy atom. The van der Waals surface area contributed by atoms with E-state index in [9.17, 15) is 4.79 Å². The first kappa shape index (κ1) is 11.2. The molecule has 0 aliphatic carbocycles. The third kappa shape index (κ3) is 1.86. The standard InChI is InChI=1S/C13H15N3O2/c17-13(18)9-4-5-10-7-15-12(16(10)8-9)11-3-1-2-6-14-11/h4-5,7-8,11,14H,1-3,6H2,(H,17,18). The summed E-state index contributed by atoms with van der Waals surface area (Å²) in [6, 6.07) is 3.63. The lowest BCUT2D eigenvalue weighted by Gasteiger charge is -2.22. The van der Waals surface area contributed by atoms with Gasteiger partial charge in [-0.25, -0.2) is 9.78 Å². The molecule has 18 heavy (non-hydrogen) atoms. The van der Waals surface area contributed by atoms with E-state index in [0.717, 1.165) is 24.3 Å². The quantitative estimate of drug-likeness (QED) is 0.847. The second-order valence-corrected chi connectivity index (χ2v) is 4.64. The van der Waals surface area contributed by atoms with Crippen LogP contribution in [0.15, 0.2) is 24.5 Å². The Balaban J connectivity index is 2.05. The Kier molecular flexibility index (Phi) is 2.76. The molecule has 1 aliphatic rings. The maximum Gasteiger partial charge on any atom is 0.337 e. The zero-order chi connectivity index (χ0) is 12.5. The van der Waals surface area contributed by atoms with Crippen LogP contribution in [0.4, 0.5) is 0 Å². The van der Waals surface area contributed by atoms with Crippen LogP contribution in [0.2, 0.25) is 0 Å². The maximum absolute atomic E-state index is 11.0. The Hall–Kier alpha value is -1.88. The highest BCUT2D eigenvalue weighted by molar-refractivity contribution is 5.87. The highest BCUT2D eigenvalue weighted by atomic mass is 16.4. The molecule has 5 nitrogen and oxygen atoms in total. The number of aromatic carboxylic acids is 1. The van der Waals surface area contributed by atoms with Gasteiger partial charge in [0.2, 0.25) is 0 Å². The van der Waals surface area contributed by atoms with Crippen molar-refractivity contribution in [1.82, 2.24) is 14.7 Å². The lowest BCUT2D eigenvalue weighted by atomic mass is 10.0. The van der Waals surface area contributed by atoms with Crippen molar-refractivity contribution in [3.8, 4) is 0 Å². The first-order chi connectivity index (χ1) is 8.75. The van der Waals surface area contributed by atoms with E-state index in [1.54, 1.807) is 24.5 Å². The first-order valence-corrected chi connectivity index (χ1v) is 6.19. The summed E-state index contributed by atoms with van der Waals surface area (Å²) in [4.78, 5) is 15.4. The molecule has 2 aromatic heterocycles. The monoisotopic (exact) mass is 245 g/mol. The van der Waals surface area contributed by atoms with E-state index in [4.69, 9.17) is 5.11 Å². The van der Waals surface area contributed by atoms with E-state index in [1.807, 2.05) is 4.40 Å². The van der Waals surface area contributed by atoms with E-state index in [2.05, 4.69) is 10.3 Å². The number of fused-ring (bicyclic) bond motifs is 1. The molecule has 94 valence electrons. The van der Waals surface area contributed by atoms with Crippen LogP contribution in [-0.4, -0.2) is 27.0 Å². The Labute approximate surface area is 104 Å². The van der Waals surface area contributed by atoms with E-state index in [0.29, 0.717) is 0 Å². The van der Waals surface area contributed by atoms with Gasteiger partial charge in [0.05, 0.1) is 23.3 Å². The minimum absolute atomic E-state index is 0.227. The number of carboxylic acids is 1. The van der Waals surface area contributed by atoms with Crippen molar-refractivity contribution in [1.29, 1.82) is 0 Å². The van der Waals surface area contributed by atoms with E-state index in [-0.39, 0.29) is 11.6 Å². The summed E-state index contributed by atoms with van der Waals surface area (Å²) in [5, 5.41) is 12.5. The Morgan fingerprint density at radius 3 is 3.06 bits per heavy atom. The second kappa shape index (κ2) is 4.42. The van der Waals surface area contributed by atoms with Crippen molar-refractivity contribution in [2.75, 3.05) is 6.54 Å². The average Bonchev–Trinajstić information content (AvgIpc) is 2.82. The van der Waals surface area contributed by atoms with Crippen molar-refractivity contribution in [3.05, 3.63) is 35.9 Å². The largest absolute Gasteiger partial charge is 0.478 e. The molecule has 1 saturated heterocycles. The van der Waals surface area contributed by atoms with Crippen molar-refractivity contribution >= 4 is 11.5 Å². The summed E-state index contributed by atoms with van der Waals surface area (Å²) < 4.78 is 1.88. The predicted octanol–water partition coefficient (Wildman–Crippen LogP) is 1.85. The summed E-state index contributed by atoms with van der Waals surface area (Å²) >= 11 is 0. The summed E-state index contributed by atoms with van der Waals surface area (Å²) in [7, 11) is 0. The van der Waals surface area contributed by atoms with Gasteiger partial charge in [-0.2, -0.15) is 0 Å². The molecule has 1 atom stereocenters. The van der Waals surface area contributed by atoms with E-state index >= 15 is 0 Å². The van der Waals surface area contributed by atoms with Gasteiger partial charge in [0.25, 0.3) is 0 Å². The van der Waals surface area contributed by atoms with Gasteiger partial charge in [-0.3, -0.25) is 0 Å². The van der Waals surface area contributed by atoms with Crippen molar-refractivity contribution in [2.45, 2.75) is 25.3 Å². The molecular formula is C13H15N3O2. The number of pyridine rings is 1. The Morgan fingerprint density at radius 2 is 2.33 bits per heavy atom. The van der Waals surface area contributed by atoms with Crippen molar-refractivity contribution in [3.63, 3.8) is 0 Å². The molecule has 0 aromatic carbocycles. The van der Waals surface area contributed by atoms with Crippen LogP contribution in [0.3, 0.4) is 0 Å². The number of rotatable bonds is 2. The molecule has 2 aromatic rings. The van der Waals surface area contributed by atoms with Crippen LogP contribution in [0.25, 0.3) is 5.52 Å². The zero-order valence-electron chi connectivity index (χ0n) is 9.97. The SMILES string of the molecule is O=C(O)c1ccc2cnc(C3CCCCN3)n2c1. The average molecular weight is 245 g/mol. The molecule has 3 heterocycles. The highest BCUT2D eigenvalue weighted by Gasteiger charge is 2.19. The van der Waals surface area contributed by atoms with Gasteiger partial charge in [-0.1, -0.05) is 6.42 Å². The lowest BCUT2D eigenvalue weighted by molar-refractivity contribution is 0.0696. The van der Waals surface area contributed by atoms with Crippen LogP contribution >= 0.6 is 0 Å². The number of imidazole rings is 1. The van der Waals surface area contributed by atoms with Crippen LogP contribution < -0.4 is 5.32 Å². The van der Waals surface area contributed by atoms with Gasteiger partial charge in [0, 0.05) is 6.20 Å². The summed E-state index contributed by atoms with van der Waals surface area (Å²) in [5.74, 6) is 0.000883. The van der Waals surface area contributed by atoms with Gasteiger partial charge in [0.15, 0.2) is 0 Å². The summed E-state index contributed by atoms with van der Waals surface area (Å²) in [6.45, 7) is 0.998. The smallest absolute Gasteiger partial charge is 0.337 e. The fourth-order valence-corrected chi connectivity index (χ4v) is 2.47. The summed E-state index contributed by atoms with van der Waals surface area (Å²) in [6.07, 6.45) is 6.87. The molecule has 5 heteroatoms. The summed E-state index contributed by atoms with van der Waals surface area (Å²) in [5.41, 5.74) is 1.22. The van der Waals surface area contributed by atoms with Gasteiger partial charge in [-0.15, -0.1) is 0 Å². The fraction of sp³-hybridized carbons (Fsp3) is 0.385. The molecule has 0 spiro atoms. The normalized spacial score (nSPS) is 20.1. The number of nitrogens with zero attached hydrogens (tertiary/aromatic N) is 2. The van der Waals surface area contributed by atoms with Crippen LogP contribution in [0.1, 0.15) is 41.5 Å². The number of carbonyl (C=O) groups is 1. The first-order valence-electron chi connectivity index (χ1n) is 6.19. The van der Waals surface area contributed by atoms with Gasteiger partial charge in [0.1, 0.15) is 5.82 Å². The topological polar surface area (TPSA) is 66.6 Å². The van der Waals surface area contributed by atoms with Crippen LogP contribution in [-0.2, 0) is 0 Å². The van der Waals surface area contributed by atoms with E-state index < -0.39 is 5.97 Å². The fourth-order valence-electron chi connectivity index (χ4n) is 2.47. The minimum Gasteiger partial charge on any atom is -0.478 e. The second-order valence-electron chi connectivity index (χ2n) is 4.64. The van der Waals surface area contributed by atoms with Gasteiger partial charge >= 0.3 is 5.97 Å². The molecule has 1 unspecified atom stereocenters. The number of aromatic nitrogens is 2. The molecule has 1 fully saturated rings. The molecule has 0 bridgehead atoms. The van der Waals surface area contributed by atoms with Crippen LogP contribution in [0, 0.1) is 0 Å². The molecule has 2 N–H and O–H groups in total. The van der Waals surface area contributed by atoms with E-state index in [1.165, 1.54) is 12.8 Å². The predicted molar refractivity (Wildman–Crippen MR) is 66.7 cm³/mol. The minimum atomic E-state index is -0.909. The number of hydrogen-bond donors (Lipinski definition) is 2. The van der Waals surface area contributed by atoms with Crippen molar-refractivity contribution in [2.24, 2.45) is 0 Å². The van der Waals surface area contributed by atoms with Gasteiger partial charge in [-0.05, 0) is 31.5 Å². The molecule has 3 rings (SSSR count). The number of hydrogen-bond acceptors (Lipinski definition) is 3. The highest BCUT2D eigenvalue weighted by Crippen LogP contribution is 2.23. The molecule has 0 amide bonds. The molecule has 0 radical (unpaired) electrons. The zero-order valence-corrected chi connectivity index (χ0v) is 9.97. The maximum atomic E-state index is 11.0. The molecular weight excluding hydrogens is 230 g/mol. The number of nitrogens with one attached hydrogen (secondary N) is 1. The number of piperidine rings is 1. The molecule has 1 aliphatic heterocycles. The lowest BCUT2D eigenvalue weighted by Crippen LogP contribution is -2.28. The van der Waals surface area contributed by atoms with Crippen molar-refractivity contribution < 1.29 is 9.90 Å². The van der Waals surface area contributed by atoms with Crippen LogP contribution in [0.5, 0.6) is 0 Å². The third-order valence-corrected chi connectivity index (χ3v) is 3.42. The third-order valence-electron chi connectivity index (χ3n) is 3.42. The van der Waals surface area contributed by atoms with Gasteiger partial charge < -0.3 is 14.8 Å². The Bertz CT molecular complexity index is 585. The number of carboxylic acid groups (broad SMARTS) is 1.